The van der Waals surface area contributed by atoms with E-state index in [0.717, 1.165) is 21.7 Å². The summed E-state index contributed by atoms with van der Waals surface area (Å²) in [5, 5.41) is 3.03. The minimum atomic E-state index is -3.78. The first-order valence-corrected chi connectivity index (χ1v) is 8.26. The number of hydrogen-bond donors (Lipinski definition) is 0. The molecule has 0 atom stereocenters. The Morgan fingerprint density at radius 1 is 0.773 bits per heavy atom. The molecule has 0 aliphatic rings. The Morgan fingerprint density at radius 3 is 2.23 bits per heavy atom. The van der Waals surface area contributed by atoms with E-state index in [2.05, 4.69) is 0 Å². The van der Waals surface area contributed by atoms with Crippen molar-refractivity contribution in [3.8, 4) is 5.75 Å². The second kappa shape index (κ2) is 6.03. The topological polar surface area (TPSA) is 43.4 Å². The molecule has 0 fully saturated rings. The second-order valence-electron chi connectivity index (χ2n) is 4.80. The molecule has 0 unspecified atom stereocenters. The smallest absolute Gasteiger partial charge is 0.332 e. The summed E-state index contributed by atoms with van der Waals surface area (Å²) in [6.07, 6.45) is 1.51. The van der Waals surface area contributed by atoms with Crippen LogP contribution in [-0.4, -0.2) is 8.42 Å². The van der Waals surface area contributed by atoms with Crippen molar-refractivity contribution in [3.63, 3.8) is 0 Å². The summed E-state index contributed by atoms with van der Waals surface area (Å²) in [5.74, 6) is 0.302. The van der Waals surface area contributed by atoms with E-state index in [9.17, 15) is 8.42 Å². The maximum absolute atomic E-state index is 12.0. The minimum Gasteiger partial charge on any atom is -0.379 e. The highest BCUT2D eigenvalue weighted by molar-refractivity contribution is 7.90. The summed E-state index contributed by atoms with van der Waals surface area (Å²) in [5.41, 5.74) is 0.799. The largest absolute Gasteiger partial charge is 0.379 e. The van der Waals surface area contributed by atoms with Crippen LogP contribution in [0, 0.1) is 0 Å². The van der Waals surface area contributed by atoms with Gasteiger partial charge in [-0.15, -0.1) is 0 Å². The van der Waals surface area contributed by atoms with Crippen LogP contribution in [0.1, 0.15) is 5.56 Å². The summed E-state index contributed by atoms with van der Waals surface area (Å²) in [7, 11) is -3.78. The fraction of sp³-hybridized carbons (Fsp3) is 0. The first kappa shape index (κ1) is 14.4. The monoisotopic (exact) mass is 310 g/mol. The second-order valence-corrected chi connectivity index (χ2v) is 6.22. The van der Waals surface area contributed by atoms with Gasteiger partial charge in [0, 0.05) is 0 Å². The van der Waals surface area contributed by atoms with E-state index in [1.165, 1.54) is 6.08 Å². The Kier molecular flexibility index (Phi) is 3.94. The highest BCUT2D eigenvalue weighted by atomic mass is 32.2. The Labute approximate surface area is 129 Å². The quantitative estimate of drug-likeness (QED) is 0.678. The van der Waals surface area contributed by atoms with Gasteiger partial charge in [-0.05, 0) is 34.5 Å². The molecule has 3 aromatic rings. The lowest BCUT2D eigenvalue weighted by molar-refractivity contribution is 0.497. The third-order valence-electron chi connectivity index (χ3n) is 3.16. The van der Waals surface area contributed by atoms with Crippen LogP contribution in [0.5, 0.6) is 5.75 Å². The van der Waals surface area contributed by atoms with Crippen molar-refractivity contribution in [3.05, 3.63) is 83.8 Å². The van der Waals surface area contributed by atoms with Crippen molar-refractivity contribution >= 4 is 27.0 Å². The molecule has 3 aromatic carbocycles. The average Bonchev–Trinajstić information content (AvgIpc) is 2.54. The van der Waals surface area contributed by atoms with Gasteiger partial charge in [-0.2, -0.15) is 8.42 Å². The van der Waals surface area contributed by atoms with E-state index in [0.29, 0.717) is 5.75 Å². The van der Waals surface area contributed by atoms with Crippen molar-refractivity contribution < 1.29 is 12.6 Å². The van der Waals surface area contributed by atoms with E-state index < -0.39 is 10.1 Å². The van der Waals surface area contributed by atoms with Gasteiger partial charge in [-0.25, -0.2) is 0 Å². The van der Waals surface area contributed by atoms with Crippen molar-refractivity contribution in [1.29, 1.82) is 0 Å². The van der Waals surface area contributed by atoms with Crippen LogP contribution in [-0.2, 0) is 10.1 Å². The van der Waals surface area contributed by atoms with Crippen molar-refractivity contribution in [1.82, 2.24) is 0 Å². The number of fused-ring (bicyclic) bond motifs is 1. The Balaban J connectivity index is 1.82. The van der Waals surface area contributed by atoms with E-state index in [1.54, 1.807) is 12.1 Å². The molecule has 110 valence electrons. The predicted molar refractivity (Wildman–Crippen MR) is 89.0 cm³/mol. The van der Waals surface area contributed by atoms with Gasteiger partial charge in [0.2, 0.25) is 0 Å². The standard InChI is InChI=1S/C18H14O3S/c19-22(20,13-12-15-6-2-1-3-7-15)21-18-11-10-16-8-4-5-9-17(16)14-18/h1-14H/b13-12+. The highest BCUT2D eigenvalue weighted by Gasteiger charge is 2.08. The first-order chi connectivity index (χ1) is 10.6. The Bertz CT molecular complexity index is 913. The predicted octanol–water partition coefficient (Wildman–Crippen LogP) is 4.22. The maximum atomic E-state index is 12.0. The maximum Gasteiger partial charge on any atom is 0.332 e. The zero-order valence-electron chi connectivity index (χ0n) is 11.7. The fourth-order valence-corrected chi connectivity index (χ4v) is 2.86. The summed E-state index contributed by atoms with van der Waals surface area (Å²) in [4.78, 5) is 0. The van der Waals surface area contributed by atoms with E-state index in [4.69, 9.17) is 4.18 Å². The molecule has 0 spiro atoms. The Morgan fingerprint density at radius 2 is 1.45 bits per heavy atom. The van der Waals surface area contributed by atoms with Crippen LogP contribution >= 0.6 is 0 Å². The van der Waals surface area contributed by atoms with Crippen molar-refractivity contribution in [2.24, 2.45) is 0 Å². The van der Waals surface area contributed by atoms with Crippen molar-refractivity contribution in [2.75, 3.05) is 0 Å². The summed E-state index contributed by atoms with van der Waals surface area (Å²) >= 11 is 0. The van der Waals surface area contributed by atoms with Crippen LogP contribution in [0.15, 0.2) is 78.2 Å². The summed E-state index contributed by atoms with van der Waals surface area (Å²) in [6.45, 7) is 0. The zero-order valence-corrected chi connectivity index (χ0v) is 12.5. The molecule has 0 heterocycles. The Hall–Kier alpha value is -2.59. The van der Waals surface area contributed by atoms with Crippen LogP contribution in [0.3, 0.4) is 0 Å². The molecule has 0 radical (unpaired) electrons. The zero-order chi connectivity index (χ0) is 15.4. The van der Waals surface area contributed by atoms with E-state index >= 15 is 0 Å². The van der Waals surface area contributed by atoms with Gasteiger partial charge in [0.15, 0.2) is 0 Å². The number of hydrogen-bond acceptors (Lipinski definition) is 3. The molecule has 0 amide bonds. The summed E-state index contributed by atoms with van der Waals surface area (Å²) < 4.78 is 29.1. The summed E-state index contributed by atoms with van der Waals surface area (Å²) in [6, 6.07) is 22.1. The van der Waals surface area contributed by atoms with Crippen LogP contribution < -0.4 is 4.18 Å². The first-order valence-electron chi connectivity index (χ1n) is 6.79. The lowest BCUT2D eigenvalue weighted by atomic mass is 10.1. The van der Waals surface area contributed by atoms with Gasteiger partial charge in [0.25, 0.3) is 0 Å². The molecule has 22 heavy (non-hydrogen) atoms. The molecule has 3 nitrogen and oxygen atoms in total. The van der Waals surface area contributed by atoms with Gasteiger partial charge >= 0.3 is 10.1 Å². The molecule has 4 heteroatoms. The SMILES string of the molecule is O=S(=O)(/C=C/c1ccccc1)Oc1ccc2ccccc2c1. The van der Waals surface area contributed by atoms with Gasteiger partial charge in [0.05, 0.1) is 5.41 Å². The molecular formula is C18H14O3S. The van der Waals surface area contributed by atoms with Gasteiger partial charge in [-0.3, -0.25) is 0 Å². The lowest BCUT2D eigenvalue weighted by Crippen LogP contribution is -2.04. The molecule has 0 aliphatic carbocycles. The average molecular weight is 310 g/mol. The fourth-order valence-electron chi connectivity index (χ4n) is 2.11. The third kappa shape index (κ3) is 3.54. The van der Waals surface area contributed by atoms with E-state index in [1.807, 2.05) is 60.7 Å². The van der Waals surface area contributed by atoms with Gasteiger partial charge in [-0.1, -0.05) is 60.7 Å². The molecule has 0 saturated carbocycles. The van der Waals surface area contributed by atoms with Gasteiger partial charge in [0.1, 0.15) is 5.75 Å². The molecule has 0 aromatic heterocycles. The molecule has 0 saturated heterocycles. The van der Waals surface area contributed by atoms with E-state index in [-0.39, 0.29) is 0 Å². The van der Waals surface area contributed by atoms with Crippen molar-refractivity contribution in [2.45, 2.75) is 0 Å². The van der Waals surface area contributed by atoms with Crippen LogP contribution in [0.2, 0.25) is 0 Å². The normalized spacial score (nSPS) is 11.8. The third-order valence-corrected chi connectivity index (χ3v) is 4.05. The van der Waals surface area contributed by atoms with Crippen LogP contribution in [0.25, 0.3) is 16.8 Å². The van der Waals surface area contributed by atoms with Gasteiger partial charge < -0.3 is 4.18 Å². The van der Waals surface area contributed by atoms with Crippen LogP contribution in [0.4, 0.5) is 0 Å². The molecule has 0 aliphatic heterocycles. The number of benzene rings is 3. The molecular weight excluding hydrogens is 296 g/mol. The molecule has 0 N–H and O–H groups in total. The number of rotatable bonds is 4. The molecule has 3 rings (SSSR count). The molecule has 0 bridgehead atoms. The lowest BCUT2D eigenvalue weighted by Gasteiger charge is -2.05. The minimum absolute atomic E-state index is 0.302. The highest BCUT2D eigenvalue weighted by Crippen LogP contribution is 2.22.